The molecule has 0 saturated carbocycles. The molecule has 0 saturated heterocycles. The maximum absolute atomic E-state index is 9.20. The van der Waals surface area contributed by atoms with Gasteiger partial charge in [0.15, 0.2) is 0 Å². The van der Waals surface area contributed by atoms with E-state index in [0.717, 1.165) is 15.9 Å². The van der Waals surface area contributed by atoms with E-state index in [9.17, 15) is 5.11 Å². The van der Waals surface area contributed by atoms with Crippen LogP contribution in [0.2, 0.25) is 0 Å². The van der Waals surface area contributed by atoms with Crippen molar-refractivity contribution in [2.24, 2.45) is 5.41 Å². The first-order valence-corrected chi connectivity index (χ1v) is 6.38. The van der Waals surface area contributed by atoms with Gasteiger partial charge in [-0.3, -0.25) is 0 Å². The van der Waals surface area contributed by atoms with E-state index in [4.69, 9.17) is 5.73 Å². The number of thiazole rings is 1. The number of rotatable bonds is 4. The van der Waals surface area contributed by atoms with Crippen molar-refractivity contribution < 1.29 is 5.11 Å². The fourth-order valence-corrected chi connectivity index (χ4v) is 2.19. The summed E-state index contributed by atoms with van der Waals surface area (Å²) in [5.41, 5.74) is 10.1. The average molecular weight is 251 g/mol. The van der Waals surface area contributed by atoms with E-state index in [1.54, 1.807) is 16.8 Å². The molecule has 0 aliphatic carbocycles. The number of benzene rings is 1. The summed E-state index contributed by atoms with van der Waals surface area (Å²) in [5.74, 6) is 0. The summed E-state index contributed by atoms with van der Waals surface area (Å²) in [6.45, 7) is 4.80. The Bertz CT molecular complexity index is 521. The van der Waals surface area contributed by atoms with E-state index >= 15 is 0 Å². The van der Waals surface area contributed by atoms with Crippen LogP contribution in [0.25, 0.3) is 10.2 Å². The molecule has 0 fully saturated rings. The highest BCUT2D eigenvalue weighted by Gasteiger charge is 2.17. The molecule has 4 N–H and O–H groups in total. The smallest absolute Gasteiger partial charge is 0.106 e. The van der Waals surface area contributed by atoms with Crippen LogP contribution in [0.4, 0.5) is 11.4 Å². The lowest BCUT2D eigenvalue weighted by Gasteiger charge is -2.23. The molecule has 0 unspecified atom stereocenters. The summed E-state index contributed by atoms with van der Waals surface area (Å²) in [5, 5.41) is 12.5. The summed E-state index contributed by atoms with van der Waals surface area (Å²) in [4.78, 5) is 4.25. The van der Waals surface area contributed by atoms with E-state index in [0.29, 0.717) is 12.2 Å². The molecule has 2 aromatic rings. The average Bonchev–Trinajstić information content (AvgIpc) is 2.77. The topological polar surface area (TPSA) is 71.2 Å². The number of aromatic nitrogens is 1. The SMILES string of the molecule is CC(C)(CO)CNc1ccc2scnc2c1N. The minimum atomic E-state index is -0.163. The third kappa shape index (κ3) is 2.50. The fourth-order valence-electron chi connectivity index (χ4n) is 1.50. The number of aliphatic hydroxyl groups excluding tert-OH is 1. The lowest BCUT2D eigenvalue weighted by molar-refractivity contribution is 0.171. The van der Waals surface area contributed by atoms with E-state index < -0.39 is 0 Å². The Hall–Kier alpha value is -1.33. The second-order valence-corrected chi connectivity index (χ2v) is 5.79. The first-order chi connectivity index (χ1) is 8.03. The molecule has 0 amide bonds. The zero-order valence-electron chi connectivity index (χ0n) is 10.0. The largest absolute Gasteiger partial charge is 0.396 e. The summed E-state index contributed by atoms with van der Waals surface area (Å²) < 4.78 is 1.09. The molecule has 0 aliphatic rings. The zero-order chi connectivity index (χ0) is 12.5. The van der Waals surface area contributed by atoms with E-state index in [1.165, 1.54) is 0 Å². The van der Waals surface area contributed by atoms with Gasteiger partial charge in [-0.15, -0.1) is 11.3 Å². The van der Waals surface area contributed by atoms with Gasteiger partial charge in [-0.25, -0.2) is 4.98 Å². The minimum absolute atomic E-state index is 0.138. The van der Waals surface area contributed by atoms with Crippen molar-refractivity contribution in [3.8, 4) is 0 Å². The Morgan fingerprint density at radius 3 is 2.94 bits per heavy atom. The first kappa shape index (κ1) is 12.1. The number of nitrogens with one attached hydrogen (secondary N) is 1. The van der Waals surface area contributed by atoms with Gasteiger partial charge < -0.3 is 16.2 Å². The summed E-state index contributed by atoms with van der Waals surface area (Å²) >= 11 is 1.58. The molecule has 1 aromatic heterocycles. The van der Waals surface area contributed by atoms with Gasteiger partial charge in [0.25, 0.3) is 0 Å². The number of nitrogens with two attached hydrogens (primary N) is 1. The molecule has 17 heavy (non-hydrogen) atoms. The van der Waals surface area contributed by atoms with E-state index in [-0.39, 0.29) is 12.0 Å². The highest BCUT2D eigenvalue weighted by molar-refractivity contribution is 7.16. The maximum Gasteiger partial charge on any atom is 0.106 e. The van der Waals surface area contributed by atoms with Gasteiger partial charge in [-0.1, -0.05) is 13.8 Å². The second-order valence-electron chi connectivity index (χ2n) is 4.90. The molecular weight excluding hydrogens is 234 g/mol. The summed E-state index contributed by atoms with van der Waals surface area (Å²) in [7, 11) is 0. The Morgan fingerprint density at radius 1 is 1.47 bits per heavy atom. The van der Waals surface area contributed by atoms with Crippen molar-refractivity contribution in [1.29, 1.82) is 0 Å². The van der Waals surface area contributed by atoms with Crippen molar-refractivity contribution in [2.75, 3.05) is 24.2 Å². The van der Waals surface area contributed by atoms with Gasteiger partial charge in [0, 0.05) is 18.6 Å². The molecule has 0 atom stereocenters. The Morgan fingerprint density at radius 2 is 2.24 bits per heavy atom. The van der Waals surface area contributed by atoms with Crippen LogP contribution < -0.4 is 11.1 Å². The number of nitrogens with zero attached hydrogens (tertiary/aromatic N) is 1. The second kappa shape index (κ2) is 4.50. The highest BCUT2D eigenvalue weighted by atomic mass is 32.1. The fraction of sp³-hybridized carbons (Fsp3) is 0.417. The van der Waals surface area contributed by atoms with Crippen LogP contribution in [0.1, 0.15) is 13.8 Å². The summed E-state index contributed by atoms with van der Waals surface area (Å²) in [6, 6.07) is 3.97. The van der Waals surface area contributed by atoms with Crippen LogP contribution in [0.3, 0.4) is 0 Å². The number of anilines is 2. The standard InChI is InChI=1S/C12H17N3OS/c1-12(2,6-16)5-14-8-3-4-9-11(10(8)13)15-7-17-9/h3-4,7,14,16H,5-6,13H2,1-2H3. The molecule has 5 heteroatoms. The van der Waals surface area contributed by atoms with Crippen molar-refractivity contribution in [3.05, 3.63) is 17.6 Å². The number of fused-ring (bicyclic) bond motifs is 1. The quantitative estimate of drug-likeness (QED) is 0.729. The Balaban J connectivity index is 2.21. The third-order valence-corrected chi connectivity index (χ3v) is 3.52. The molecule has 0 spiro atoms. The number of aliphatic hydroxyl groups is 1. The molecule has 1 heterocycles. The van der Waals surface area contributed by atoms with Crippen molar-refractivity contribution >= 4 is 32.9 Å². The predicted molar refractivity (Wildman–Crippen MR) is 73.4 cm³/mol. The number of nitrogen functional groups attached to an aromatic ring is 1. The van der Waals surface area contributed by atoms with Gasteiger partial charge >= 0.3 is 0 Å². The Kier molecular flexibility index (Phi) is 3.22. The molecule has 0 bridgehead atoms. The highest BCUT2D eigenvalue weighted by Crippen LogP contribution is 2.30. The van der Waals surface area contributed by atoms with Crippen LogP contribution in [0.5, 0.6) is 0 Å². The van der Waals surface area contributed by atoms with Crippen LogP contribution >= 0.6 is 11.3 Å². The minimum Gasteiger partial charge on any atom is -0.396 e. The molecule has 0 radical (unpaired) electrons. The summed E-state index contributed by atoms with van der Waals surface area (Å²) in [6.07, 6.45) is 0. The number of hydrogen-bond donors (Lipinski definition) is 3. The van der Waals surface area contributed by atoms with Gasteiger partial charge in [-0.05, 0) is 12.1 Å². The van der Waals surface area contributed by atoms with Gasteiger partial charge in [0.2, 0.25) is 0 Å². The predicted octanol–water partition coefficient (Wildman–Crippen LogP) is 2.31. The van der Waals surface area contributed by atoms with Crippen LogP contribution in [0, 0.1) is 5.41 Å². The lowest BCUT2D eigenvalue weighted by Crippen LogP contribution is -2.27. The van der Waals surface area contributed by atoms with Gasteiger partial charge in [-0.2, -0.15) is 0 Å². The molecule has 0 aliphatic heterocycles. The van der Waals surface area contributed by atoms with Crippen LogP contribution in [-0.4, -0.2) is 23.2 Å². The monoisotopic (exact) mass is 251 g/mol. The van der Waals surface area contributed by atoms with Crippen molar-refractivity contribution in [3.63, 3.8) is 0 Å². The molecule has 2 rings (SSSR count). The van der Waals surface area contributed by atoms with Gasteiger partial charge in [0.05, 0.1) is 21.6 Å². The van der Waals surface area contributed by atoms with Crippen LogP contribution in [-0.2, 0) is 0 Å². The molecule has 4 nitrogen and oxygen atoms in total. The van der Waals surface area contributed by atoms with Crippen LogP contribution in [0.15, 0.2) is 17.6 Å². The molecular formula is C12H17N3OS. The van der Waals surface area contributed by atoms with Crippen molar-refractivity contribution in [2.45, 2.75) is 13.8 Å². The Labute approximate surface area is 104 Å². The van der Waals surface area contributed by atoms with E-state index in [2.05, 4.69) is 10.3 Å². The zero-order valence-corrected chi connectivity index (χ0v) is 10.8. The third-order valence-electron chi connectivity index (χ3n) is 2.73. The number of hydrogen-bond acceptors (Lipinski definition) is 5. The lowest BCUT2D eigenvalue weighted by atomic mass is 9.95. The molecule has 92 valence electrons. The van der Waals surface area contributed by atoms with Crippen molar-refractivity contribution in [1.82, 2.24) is 4.98 Å². The van der Waals surface area contributed by atoms with E-state index in [1.807, 2.05) is 26.0 Å². The molecule has 1 aromatic carbocycles. The normalized spacial score (nSPS) is 11.9. The van der Waals surface area contributed by atoms with Gasteiger partial charge in [0.1, 0.15) is 5.52 Å². The maximum atomic E-state index is 9.20. The first-order valence-electron chi connectivity index (χ1n) is 5.50.